The Kier molecular flexibility index (Phi) is 3.23. The van der Waals surface area contributed by atoms with E-state index in [9.17, 15) is 4.79 Å². The second-order valence-electron chi connectivity index (χ2n) is 3.38. The molecule has 0 N–H and O–H groups in total. The molecule has 1 fully saturated rings. The minimum absolute atomic E-state index is 0.00333. The zero-order valence-corrected chi connectivity index (χ0v) is 8.87. The molecule has 3 nitrogen and oxygen atoms in total. The van der Waals surface area contributed by atoms with Crippen molar-refractivity contribution in [3.05, 3.63) is 28.8 Å². The zero-order chi connectivity index (χ0) is 10.7. The van der Waals surface area contributed by atoms with Crippen LogP contribution in [0.1, 0.15) is 16.8 Å². The smallest absolute Gasteiger partial charge is 0.153 e. The Morgan fingerprint density at radius 3 is 3.07 bits per heavy atom. The molecule has 1 aromatic rings. The molecule has 0 radical (unpaired) electrons. The molecule has 1 aromatic carbocycles. The van der Waals surface area contributed by atoms with E-state index >= 15 is 0 Å². The van der Waals surface area contributed by atoms with Crippen LogP contribution in [0.4, 0.5) is 0 Å². The standard InChI is InChI=1S/C11H11ClO3/c12-10-3-1-2-8(6-13)11(10)15-9-4-5-14-7-9/h1-3,6,9H,4-5,7H2. The number of carbonyl (C=O) groups excluding carboxylic acids is 1. The Morgan fingerprint density at radius 2 is 2.40 bits per heavy atom. The van der Waals surface area contributed by atoms with Crippen molar-refractivity contribution in [1.82, 2.24) is 0 Å². The molecule has 2 rings (SSSR count). The van der Waals surface area contributed by atoms with Gasteiger partial charge in [0.15, 0.2) is 6.29 Å². The highest BCUT2D eigenvalue weighted by Crippen LogP contribution is 2.29. The summed E-state index contributed by atoms with van der Waals surface area (Å²) in [7, 11) is 0. The topological polar surface area (TPSA) is 35.5 Å². The van der Waals surface area contributed by atoms with E-state index in [0.717, 1.165) is 12.7 Å². The average molecular weight is 227 g/mol. The van der Waals surface area contributed by atoms with Crippen molar-refractivity contribution in [2.45, 2.75) is 12.5 Å². The monoisotopic (exact) mass is 226 g/mol. The summed E-state index contributed by atoms with van der Waals surface area (Å²) in [6.45, 7) is 1.26. The molecule has 1 heterocycles. The van der Waals surface area contributed by atoms with Gasteiger partial charge in [-0.15, -0.1) is 0 Å². The first kappa shape index (κ1) is 10.5. The van der Waals surface area contributed by atoms with Gasteiger partial charge in [0.25, 0.3) is 0 Å². The fraction of sp³-hybridized carbons (Fsp3) is 0.364. The van der Waals surface area contributed by atoms with Gasteiger partial charge in [0.1, 0.15) is 11.9 Å². The molecule has 80 valence electrons. The summed E-state index contributed by atoms with van der Waals surface area (Å²) >= 11 is 5.96. The summed E-state index contributed by atoms with van der Waals surface area (Å²) in [4.78, 5) is 10.8. The molecule has 1 atom stereocenters. The number of benzene rings is 1. The molecule has 0 spiro atoms. The van der Waals surface area contributed by atoms with Gasteiger partial charge in [-0.05, 0) is 12.1 Å². The van der Waals surface area contributed by atoms with E-state index in [2.05, 4.69) is 0 Å². The normalized spacial score (nSPS) is 20.2. The van der Waals surface area contributed by atoms with Gasteiger partial charge in [0, 0.05) is 6.42 Å². The molecular weight excluding hydrogens is 216 g/mol. The average Bonchev–Trinajstić information content (AvgIpc) is 2.74. The molecule has 0 aliphatic carbocycles. The maximum absolute atomic E-state index is 10.8. The predicted molar refractivity (Wildman–Crippen MR) is 56.7 cm³/mol. The van der Waals surface area contributed by atoms with E-state index in [1.165, 1.54) is 0 Å². The van der Waals surface area contributed by atoms with Crippen molar-refractivity contribution in [2.24, 2.45) is 0 Å². The van der Waals surface area contributed by atoms with Crippen molar-refractivity contribution in [2.75, 3.05) is 13.2 Å². The molecule has 0 amide bonds. The van der Waals surface area contributed by atoms with Crippen LogP contribution in [0.15, 0.2) is 18.2 Å². The van der Waals surface area contributed by atoms with E-state index < -0.39 is 0 Å². The van der Waals surface area contributed by atoms with Crippen molar-refractivity contribution < 1.29 is 14.3 Å². The van der Waals surface area contributed by atoms with Crippen LogP contribution in [0.25, 0.3) is 0 Å². The Morgan fingerprint density at radius 1 is 1.53 bits per heavy atom. The summed E-state index contributed by atoms with van der Waals surface area (Å²) in [6, 6.07) is 5.12. The largest absolute Gasteiger partial charge is 0.486 e. The van der Waals surface area contributed by atoms with Crippen LogP contribution >= 0.6 is 11.6 Å². The molecule has 0 aromatic heterocycles. The SMILES string of the molecule is O=Cc1cccc(Cl)c1OC1CCOC1. The molecule has 1 saturated heterocycles. The number of hydrogen-bond donors (Lipinski definition) is 0. The second kappa shape index (κ2) is 4.64. The number of hydrogen-bond acceptors (Lipinski definition) is 3. The number of para-hydroxylation sites is 1. The summed E-state index contributed by atoms with van der Waals surface area (Å²) in [6.07, 6.45) is 1.59. The molecular formula is C11H11ClO3. The van der Waals surface area contributed by atoms with Crippen molar-refractivity contribution >= 4 is 17.9 Å². The summed E-state index contributed by atoms with van der Waals surface area (Å²) < 4.78 is 10.8. The number of rotatable bonds is 3. The van der Waals surface area contributed by atoms with Crippen LogP contribution in [-0.2, 0) is 4.74 Å². The van der Waals surface area contributed by atoms with Gasteiger partial charge >= 0.3 is 0 Å². The van der Waals surface area contributed by atoms with Gasteiger partial charge in [-0.25, -0.2) is 0 Å². The molecule has 15 heavy (non-hydrogen) atoms. The third-order valence-corrected chi connectivity index (χ3v) is 2.59. The molecule has 0 bridgehead atoms. The lowest BCUT2D eigenvalue weighted by Gasteiger charge is -2.14. The minimum atomic E-state index is 0.00333. The third kappa shape index (κ3) is 2.30. The van der Waals surface area contributed by atoms with Crippen LogP contribution in [0.3, 0.4) is 0 Å². The highest BCUT2D eigenvalue weighted by Gasteiger charge is 2.19. The lowest BCUT2D eigenvalue weighted by molar-refractivity contribution is 0.111. The van der Waals surface area contributed by atoms with Gasteiger partial charge in [0.05, 0.1) is 23.8 Å². The number of carbonyl (C=O) groups is 1. The van der Waals surface area contributed by atoms with Gasteiger partial charge in [-0.2, -0.15) is 0 Å². The van der Waals surface area contributed by atoms with E-state index in [0.29, 0.717) is 29.5 Å². The van der Waals surface area contributed by atoms with Crippen molar-refractivity contribution in [3.8, 4) is 5.75 Å². The lowest BCUT2D eigenvalue weighted by atomic mass is 10.2. The molecule has 0 saturated carbocycles. The van der Waals surface area contributed by atoms with Gasteiger partial charge in [-0.1, -0.05) is 17.7 Å². The van der Waals surface area contributed by atoms with E-state index in [1.54, 1.807) is 18.2 Å². The van der Waals surface area contributed by atoms with E-state index in [4.69, 9.17) is 21.1 Å². The number of halogens is 1. The van der Waals surface area contributed by atoms with Crippen LogP contribution in [0.2, 0.25) is 5.02 Å². The minimum Gasteiger partial charge on any atom is -0.486 e. The number of aldehydes is 1. The third-order valence-electron chi connectivity index (χ3n) is 2.30. The maximum atomic E-state index is 10.8. The Labute approximate surface area is 92.9 Å². The summed E-state index contributed by atoms with van der Waals surface area (Å²) in [5.41, 5.74) is 0.481. The molecule has 1 unspecified atom stereocenters. The lowest BCUT2D eigenvalue weighted by Crippen LogP contribution is -2.16. The second-order valence-corrected chi connectivity index (χ2v) is 3.79. The van der Waals surface area contributed by atoms with Gasteiger partial charge < -0.3 is 9.47 Å². The van der Waals surface area contributed by atoms with Gasteiger partial charge in [-0.3, -0.25) is 4.79 Å². The van der Waals surface area contributed by atoms with Crippen LogP contribution < -0.4 is 4.74 Å². The Hall–Kier alpha value is -1.06. The Bertz CT molecular complexity index is 359. The fourth-order valence-electron chi connectivity index (χ4n) is 1.52. The first-order valence-corrected chi connectivity index (χ1v) is 5.17. The molecule has 4 heteroatoms. The van der Waals surface area contributed by atoms with Crippen LogP contribution in [-0.4, -0.2) is 25.6 Å². The van der Waals surface area contributed by atoms with E-state index in [1.807, 2.05) is 0 Å². The van der Waals surface area contributed by atoms with E-state index in [-0.39, 0.29) is 6.10 Å². The summed E-state index contributed by atoms with van der Waals surface area (Å²) in [5, 5.41) is 0.464. The zero-order valence-electron chi connectivity index (χ0n) is 8.11. The van der Waals surface area contributed by atoms with Crippen LogP contribution in [0, 0.1) is 0 Å². The number of ether oxygens (including phenoxy) is 2. The quantitative estimate of drug-likeness (QED) is 0.742. The molecule has 1 aliphatic heterocycles. The fourth-order valence-corrected chi connectivity index (χ4v) is 1.74. The summed E-state index contributed by atoms with van der Waals surface area (Å²) in [5.74, 6) is 0.463. The first-order valence-electron chi connectivity index (χ1n) is 4.79. The maximum Gasteiger partial charge on any atom is 0.153 e. The predicted octanol–water partition coefficient (Wildman–Crippen LogP) is 2.32. The highest BCUT2D eigenvalue weighted by molar-refractivity contribution is 6.32. The van der Waals surface area contributed by atoms with Crippen LogP contribution in [0.5, 0.6) is 5.75 Å². The van der Waals surface area contributed by atoms with Gasteiger partial charge in [0.2, 0.25) is 0 Å². The molecule has 1 aliphatic rings. The first-order chi connectivity index (χ1) is 7.31. The van der Waals surface area contributed by atoms with Crippen molar-refractivity contribution in [1.29, 1.82) is 0 Å². The highest BCUT2D eigenvalue weighted by atomic mass is 35.5. The Balaban J connectivity index is 2.21. The van der Waals surface area contributed by atoms with Crippen molar-refractivity contribution in [3.63, 3.8) is 0 Å².